The van der Waals surface area contributed by atoms with E-state index in [1.54, 1.807) is 30.9 Å². The third-order valence-corrected chi connectivity index (χ3v) is 4.29. The summed E-state index contributed by atoms with van der Waals surface area (Å²) in [5, 5.41) is 10.3. The second-order valence-corrected chi connectivity index (χ2v) is 5.90. The Balaban J connectivity index is 1.88. The number of ether oxygens (including phenoxy) is 1. The molecule has 1 amide bonds. The van der Waals surface area contributed by atoms with Gasteiger partial charge in [0.2, 0.25) is 0 Å². The second kappa shape index (κ2) is 7.00. The Bertz CT molecular complexity index is 805. The van der Waals surface area contributed by atoms with Crippen LogP contribution in [0.15, 0.2) is 18.2 Å². The van der Waals surface area contributed by atoms with E-state index in [4.69, 9.17) is 4.74 Å². The summed E-state index contributed by atoms with van der Waals surface area (Å²) in [5.41, 5.74) is 1.23. The molecule has 25 heavy (non-hydrogen) atoms. The maximum absolute atomic E-state index is 13.8. The first kappa shape index (κ1) is 17.1. The van der Waals surface area contributed by atoms with Crippen molar-refractivity contribution in [2.24, 2.45) is 0 Å². The highest BCUT2D eigenvalue weighted by molar-refractivity contribution is 5.95. The number of hydrogen-bond donors (Lipinski definition) is 1. The number of aromatic amines is 1. The molecule has 1 aliphatic heterocycles. The number of amides is 1. The maximum atomic E-state index is 13.8. The van der Waals surface area contributed by atoms with Crippen LogP contribution < -0.4 is 0 Å². The molecule has 8 heteroatoms. The number of nitrogens with zero attached hydrogens (tertiary/aromatic N) is 3. The largest absolute Gasteiger partial charge is 0.461 e. The van der Waals surface area contributed by atoms with Crippen LogP contribution in [0.1, 0.15) is 57.9 Å². The van der Waals surface area contributed by atoms with Gasteiger partial charge in [-0.1, -0.05) is 6.07 Å². The second-order valence-electron chi connectivity index (χ2n) is 5.90. The maximum Gasteiger partial charge on any atom is 0.360 e. The van der Waals surface area contributed by atoms with Crippen molar-refractivity contribution >= 4 is 11.9 Å². The van der Waals surface area contributed by atoms with Crippen LogP contribution >= 0.6 is 0 Å². The first-order valence-corrected chi connectivity index (χ1v) is 8.17. The van der Waals surface area contributed by atoms with E-state index < -0.39 is 17.8 Å². The van der Waals surface area contributed by atoms with Crippen molar-refractivity contribution in [2.75, 3.05) is 13.2 Å². The molecule has 1 saturated heterocycles. The number of benzene rings is 1. The lowest BCUT2D eigenvalue weighted by molar-refractivity contribution is 0.0512. The lowest BCUT2D eigenvalue weighted by atomic mass is 10.1. The fourth-order valence-corrected chi connectivity index (χ4v) is 3.01. The number of aryl methyl sites for hydroxylation is 1. The average molecular weight is 346 g/mol. The van der Waals surface area contributed by atoms with Gasteiger partial charge >= 0.3 is 5.97 Å². The molecule has 1 unspecified atom stereocenters. The minimum Gasteiger partial charge on any atom is -0.461 e. The number of halogens is 1. The van der Waals surface area contributed by atoms with Crippen molar-refractivity contribution in [3.8, 4) is 0 Å². The van der Waals surface area contributed by atoms with Gasteiger partial charge in [-0.3, -0.25) is 4.79 Å². The predicted molar refractivity (Wildman–Crippen MR) is 86.5 cm³/mol. The molecule has 132 valence electrons. The SMILES string of the molecule is CCOC(=O)c1n[nH]nc1C1CCCN1C(=O)c1ccc(C)c(F)c1. The van der Waals surface area contributed by atoms with E-state index in [9.17, 15) is 14.0 Å². The van der Waals surface area contributed by atoms with Gasteiger partial charge in [0.05, 0.1) is 12.6 Å². The number of rotatable bonds is 4. The van der Waals surface area contributed by atoms with Crippen LogP contribution in [0.4, 0.5) is 4.39 Å². The zero-order chi connectivity index (χ0) is 18.0. The topological polar surface area (TPSA) is 88.2 Å². The Morgan fingerprint density at radius 1 is 1.40 bits per heavy atom. The molecule has 2 aromatic rings. The summed E-state index contributed by atoms with van der Waals surface area (Å²) >= 11 is 0. The molecule has 3 rings (SSSR count). The fraction of sp³-hybridized carbons (Fsp3) is 0.412. The number of H-pyrrole nitrogens is 1. The Morgan fingerprint density at radius 2 is 2.20 bits per heavy atom. The van der Waals surface area contributed by atoms with Crippen LogP contribution in [0, 0.1) is 12.7 Å². The summed E-state index contributed by atoms with van der Waals surface area (Å²) in [6.07, 6.45) is 1.42. The van der Waals surface area contributed by atoms with Crippen LogP contribution in [0.5, 0.6) is 0 Å². The molecule has 0 spiro atoms. The third-order valence-electron chi connectivity index (χ3n) is 4.29. The third kappa shape index (κ3) is 3.24. The van der Waals surface area contributed by atoms with Crippen LogP contribution in [0.2, 0.25) is 0 Å². The highest BCUT2D eigenvalue weighted by atomic mass is 19.1. The number of carbonyl (C=O) groups is 2. The van der Waals surface area contributed by atoms with Gasteiger partial charge in [-0.25, -0.2) is 9.18 Å². The van der Waals surface area contributed by atoms with E-state index in [2.05, 4.69) is 15.4 Å². The van der Waals surface area contributed by atoms with Crippen molar-refractivity contribution < 1.29 is 18.7 Å². The number of nitrogens with one attached hydrogen (secondary N) is 1. The van der Waals surface area contributed by atoms with Crippen LogP contribution in [0.3, 0.4) is 0 Å². The van der Waals surface area contributed by atoms with Crippen molar-refractivity contribution in [2.45, 2.75) is 32.7 Å². The summed E-state index contributed by atoms with van der Waals surface area (Å²) in [5.74, 6) is -1.29. The van der Waals surface area contributed by atoms with Crippen LogP contribution in [-0.2, 0) is 4.74 Å². The van der Waals surface area contributed by atoms with Gasteiger partial charge in [-0.2, -0.15) is 10.3 Å². The highest BCUT2D eigenvalue weighted by Crippen LogP contribution is 2.33. The van der Waals surface area contributed by atoms with Crippen molar-refractivity contribution in [1.29, 1.82) is 0 Å². The van der Waals surface area contributed by atoms with Crippen molar-refractivity contribution in [1.82, 2.24) is 20.3 Å². The van der Waals surface area contributed by atoms with Gasteiger partial charge in [0.15, 0.2) is 5.69 Å². The molecular weight excluding hydrogens is 327 g/mol. The molecule has 2 heterocycles. The minimum atomic E-state index is -0.577. The summed E-state index contributed by atoms with van der Waals surface area (Å²) in [4.78, 5) is 26.4. The fourth-order valence-electron chi connectivity index (χ4n) is 3.01. The zero-order valence-corrected chi connectivity index (χ0v) is 14.1. The summed E-state index contributed by atoms with van der Waals surface area (Å²) in [6.45, 7) is 4.08. The van der Waals surface area contributed by atoms with Gasteiger partial charge in [0, 0.05) is 12.1 Å². The first-order valence-electron chi connectivity index (χ1n) is 8.17. The first-order chi connectivity index (χ1) is 12.0. The Hall–Kier alpha value is -2.77. The minimum absolute atomic E-state index is 0.0848. The summed E-state index contributed by atoms with van der Waals surface area (Å²) in [6, 6.07) is 4.02. The van der Waals surface area contributed by atoms with E-state index in [0.29, 0.717) is 24.2 Å². The summed E-state index contributed by atoms with van der Waals surface area (Å²) in [7, 11) is 0. The molecule has 0 aliphatic carbocycles. The number of hydrogen-bond acceptors (Lipinski definition) is 5. The highest BCUT2D eigenvalue weighted by Gasteiger charge is 2.36. The predicted octanol–water partition coefficient (Wildman–Crippen LogP) is 2.41. The van der Waals surface area contributed by atoms with Gasteiger partial charge in [-0.15, -0.1) is 5.10 Å². The van der Waals surface area contributed by atoms with E-state index in [1.807, 2.05) is 0 Å². The van der Waals surface area contributed by atoms with Crippen LogP contribution in [-0.4, -0.2) is 45.3 Å². The molecule has 0 saturated carbocycles. The van der Waals surface area contributed by atoms with E-state index in [1.165, 1.54) is 6.07 Å². The van der Waals surface area contributed by atoms with Crippen molar-refractivity contribution in [3.63, 3.8) is 0 Å². The number of likely N-dealkylation sites (tertiary alicyclic amines) is 1. The molecule has 1 aromatic carbocycles. The Labute approximate surface area is 144 Å². The molecule has 0 radical (unpaired) electrons. The molecule has 1 aliphatic rings. The number of carbonyl (C=O) groups excluding carboxylic acids is 2. The van der Waals surface area contributed by atoms with Gasteiger partial charge in [0.25, 0.3) is 5.91 Å². The number of aromatic nitrogens is 3. The van der Waals surface area contributed by atoms with Crippen LogP contribution in [0.25, 0.3) is 0 Å². The molecule has 1 atom stereocenters. The monoisotopic (exact) mass is 346 g/mol. The Morgan fingerprint density at radius 3 is 2.92 bits per heavy atom. The van der Waals surface area contributed by atoms with Crippen molar-refractivity contribution in [3.05, 3.63) is 46.5 Å². The quantitative estimate of drug-likeness (QED) is 0.859. The van der Waals surface area contributed by atoms with Gasteiger partial charge < -0.3 is 9.64 Å². The van der Waals surface area contributed by atoms with Gasteiger partial charge in [0.1, 0.15) is 11.5 Å². The van der Waals surface area contributed by atoms with Gasteiger partial charge in [-0.05, 0) is 44.4 Å². The molecule has 1 fully saturated rings. The lowest BCUT2D eigenvalue weighted by Crippen LogP contribution is -2.31. The number of esters is 1. The smallest absolute Gasteiger partial charge is 0.360 e. The molecule has 1 aromatic heterocycles. The molecule has 7 nitrogen and oxygen atoms in total. The Kier molecular flexibility index (Phi) is 4.78. The summed E-state index contributed by atoms with van der Waals surface area (Å²) < 4.78 is 18.8. The average Bonchev–Trinajstić information content (AvgIpc) is 3.25. The standard InChI is InChI=1S/C17H19FN4O3/c1-3-25-17(24)15-14(19-21-20-15)13-5-4-8-22(13)16(23)11-7-6-10(2)12(18)9-11/h6-7,9,13H,3-5,8H2,1-2H3,(H,19,20,21). The normalized spacial score (nSPS) is 16.9. The van der Waals surface area contributed by atoms with E-state index in [0.717, 1.165) is 6.42 Å². The molecule has 0 bridgehead atoms. The van der Waals surface area contributed by atoms with E-state index in [-0.39, 0.29) is 23.8 Å². The lowest BCUT2D eigenvalue weighted by Gasteiger charge is -2.23. The molecule has 1 N–H and O–H groups in total. The zero-order valence-electron chi connectivity index (χ0n) is 14.1. The molecular formula is C17H19FN4O3. The van der Waals surface area contributed by atoms with E-state index >= 15 is 0 Å².